The van der Waals surface area contributed by atoms with Gasteiger partial charge in [0, 0.05) is 30.6 Å². The van der Waals surface area contributed by atoms with Crippen molar-refractivity contribution in [3.05, 3.63) is 93.2 Å². The van der Waals surface area contributed by atoms with Crippen LogP contribution in [0.25, 0.3) is 5.70 Å². The topological polar surface area (TPSA) is 62.5 Å². The van der Waals surface area contributed by atoms with E-state index < -0.39 is 23.7 Å². The maximum Gasteiger partial charge on any atom is 0.449 e. The number of nitrogens with zero attached hydrogens (tertiary/aromatic N) is 4. The lowest BCUT2D eigenvalue weighted by Gasteiger charge is -2.29. The molecule has 0 fully saturated rings. The van der Waals surface area contributed by atoms with E-state index in [2.05, 4.69) is 38.0 Å². The lowest BCUT2D eigenvalue weighted by Crippen LogP contribution is -2.39. The van der Waals surface area contributed by atoms with Crippen LogP contribution < -0.4 is 5.43 Å². The Hall–Kier alpha value is -3.47. The zero-order valence-electron chi connectivity index (χ0n) is 18.2. The van der Waals surface area contributed by atoms with Gasteiger partial charge in [-0.3, -0.25) is 10.2 Å². The van der Waals surface area contributed by atoms with Crippen LogP contribution in [0.15, 0.2) is 58.7 Å². The van der Waals surface area contributed by atoms with Crippen molar-refractivity contribution in [2.75, 3.05) is 6.54 Å². The van der Waals surface area contributed by atoms with Crippen molar-refractivity contribution in [1.82, 2.24) is 19.9 Å². The Labute approximate surface area is 206 Å². The first-order chi connectivity index (χ1) is 16.6. The highest BCUT2D eigenvalue weighted by Gasteiger charge is 2.40. The molecule has 1 amide bonds. The molecule has 1 aromatic heterocycles. The van der Waals surface area contributed by atoms with Gasteiger partial charge < -0.3 is 9.47 Å². The number of benzene rings is 2. The van der Waals surface area contributed by atoms with Crippen molar-refractivity contribution in [3.8, 4) is 0 Å². The van der Waals surface area contributed by atoms with Crippen molar-refractivity contribution in [2.45, 2.75) is 25.7 Å². The van der Waals surface area contributed by atoms with Crippen molar-refractivity contribution in [2.24, 2.45) is 5.10 Å². The molecule has 5 rings (SSSR count). The predicted octanol–water partition coefficient (Wildman–Crippen LogP) is 4.98. The molecule has 2 aliphatic heterocycles. The number of carbonyl (C=O) groups is 1. The van der Waals surface area contributed by atoms with Crippen LogP contribution in [-0.4, -0.2) is 32.6 Å². The van der Waals surface area contributed by atoms with E-state index in [4.69, 9.17) is 0 Å². The van der Waals surface area contributed by atoms with Gasteiger partial charge in [-0.25, -0.2) is 9.37 Å². The monoisotopic (exact) mass is 547 g/mol. The van der Waals surface area contributed by atoms with Gasteiger partial charge in [-0.1, -0.05) is 36.9 Å². The van der Waals surface area contributed by atoms with Gasteiger partial charge in [0.25, 0.3) is 5.91 Å². The molecule has 2 aromatic carbocycles. The van der Waals surface area contributed by atoms with Gasteiger partial charge in [-0.15, -0.1) is 0 Å². The molecule has 3 aromatic rings. The highest BCUT2D eigenvalue weighted by molar-refractivity contribution is 9.10. The molecule has 0 radical (unpaired) electrons. The summed E-state index contributed by atoms with van der Waals surface area (Å²) in [6.45, 7) is 3.71. The largest absolute Gasteiger partial charge is 0.449 e. The van der Waals surface area contributed by atoms with Crippen LogP contribution in [0.4, 0.5) is 17.6 Å². The zero-order valence-corrected chi connectivity index (χ0v) is 19.7. The molecule has 0 bridgehead atoms. The molecule has 1 N–H and O–H groups in total. The third-order valence-electron chi connectivity index (χ3n) is 6.02. The van der Waals surface area contributed by atoms with E-state index in [0.717, 1.165) is 15.7 Å². The van der Waals surface area contributed by atoms with Crippen LogP contribution in [0.2, 0.25) is 0 Å². The molecule has 0 spiro atoms. The standard InChI is InChI=1S/C24H18BrF4N5O/c1-13-15-4-2-3-5-16(15)19(32-31-13)11-14-6-7-18(26)17(10-14)22(35)33-8-9-34-20(12-33)21(25)30-23(34)24(27,28)29/h2-7,10,31H,1,8-9,11-12H2. The van der Waals surface area contributed by atoms with Crippen LogP contribution in [0, 0.1) is 5.82 Å². The Morgan fingerprint density at radius 2 is 1.89 bits per heavy atom. The van der Waals surface area contributed by atoms with Gasteiger partial charge in [0.1, 0.15) is 10.4 Å². The number of amides is 1. The number of nitrogens with one attached hydrogen (secondary N) is 1. The summed E-state index contributed by atoms with van der Waals surface area (Å²) in [5.41, 5.74) is 6.80. The fourth-order valence-electron chi connectivity index (χ4n) is 4.32. The minimum Gasteiger partial charge on any atom is -0.331 e. The molecule has 0 atom stereocenters. The molecular formula is C24H18BrF4N5O. The van der Waals surface area contributed by atoms with E-state index >= 15 is 0 Å². The van der Waals surface area contributed by atoms with E-state index in [1.165, 1.54) is 17.0 Å². The van der Waals surface area contributed by atoms with Crippen LogP contribution in [0.3, 0.4) is 0 Å². The Kier molecular flexibility index (Phi) is 5.74. The third-order valence-corrected chi connectivity index (χ3v) is 6.66. The summed E-state index contributed by atoms with van der Waals surface area (Å²) in [4.78, 5) is 18.1. The molecule has 2 aliphatic rings. The number of rotatable bonds is 3. The molecule has 11 heteroatoms. The number of aromatic nitrogens is 2. The van der Waals surface area contributed by atoms with E-state index in [9.17, 15) is 22.4 Å². The number of fused-ring (bicyclic) bond motifs is 2. The molecular weight excluding hydrogens is 530 g/mol. The number of imidazole rings is 1. The fraction of sp³-hybridized carbons (Fsp3) is 0.208. The number of hydrazone groups is 1. The molecule has 6 nitrogen and oxygen atoms in total. The molecule has 0 unspecified atom stereocenters. The van der Waals surface area contributed by atoms with Crippen LogP contribution >= 0.6 is 15.9 Å². The van der Waals surface area contributed by atoms with Gasteiger partial charge in [0.2, 0.25) is 5.82 Å². The Morgan fingerprint density at radius 1 is 1.14 bits per heavy atom. The molecule has 0 saturated heterocycles. The summed E-state index contributed by atoms with van der Waals surface area (Å²) in [6, 6.07) is 11.9. The summed E-state index contributed by atoms with van der Waals surface area (Å²) in [5.74, 6) is -2.33. The number of hydrogen-bond donors (Lipinski definition) is 1. The van der Waals surface area contributed by atoms with Gasteiger partial charge in [0.15, 0.2) is 0 Å². The molecule has 3 heterocycles. The molecule has 0 aliphatic carbocycles. The minimum absolute atomic E-state index is 0.00645. The number of carbonyl (C=O) groups excluding carboxylic acids is 1. The highest BCUT2D eigenvalue weighted by atomic mass is 79.9. The van der Waals surface area contributed by atoms with Crippen molar-refractivity contribution in [1.29, 1.82) is 0 Å². The van der Waals surface area contributed by atoms with Crippen molar-refractivity contribution < 1.29 is 22.4 Å². The molecule has 180 valence electrons. The zero-order chi connectivity index (χ0) is 24.9. The number of alkyl halides is 3. The van der Waals surface area contributed by atoms with Crippen molar-refractivity contribution >= 4 is 33.2 Å². The predicted molar refractivity (Wildman–Crippen MR) is 125 cm³/mol. The van der Waals surface area contributed by atoms with Gasteiger partial charge >= 0.3 is 6.18 Å². The average molecular weight is 548 g/mol. The normalized spacial score (nSPS) is 15.3. The lowest BCUT2D eigenvalue weighted by molar-refractivity contribution is -0.147. The maximum atomic E-state index is 14.7. The lowest BCUT2D eigenvalue weighted by atomic mass is 9.94. The van der Waals surface area contributed by atoms with E-state index in [-0.39, 0.29) is 35.5 Å². The molecule has 0 saturated carbocycles. The summed E-state index contributed by atoms with van der Waals surface area (Å²) in [6.07, 6.45) is -4.28. The van der Waals surface area contributed by atoms with Crippen LogP contribution in [-0.2, 0) is 25.7 Å². The van der Waals surface area contributed by atoms with E-state index in [0.29, 0.717) is 23.4 Å². The summed E-state index contributed by atoms with van der Waals surface area (Å²) in [5, 5.41) is 4.36. The summed E-state index contributed by atoms with van der Waals surface area (Å²) >= 11 is 3.06. The molecule has 35 heavy (non-hydrogen) atoms. The van der Waals surface area contributed by atoms with E-state index in [1.54, 1.807) is 6.07 Å². The van der Waals surface area contributed by atoms with E-state index in [1.807, 2.05) is 24.3 Å². The minimum atomic E-state index is -4.62. The van der Waals surface area contributed by atoms with Crippen molar-refractivity contribution in [3.63, 3.8) is 0 Å². The first kappa shape index (κ1) is 23.3. The van der Waals surface area contributed by atoms with Gasteiger partial charge in [0.05, 0.1) is 29.2 Å². The van der Waals surface area contributed by atoms with Crippen LogP contribution in [0.5, 0.6) is 0 Å². The van der Waals surface area contributed by atoms with Gasteiger partial charge in [-0.05, 0) is 33.6 Å². The maximum absolute atomic E-state index is 14.7. The van der Waals surface area contributed by atoms with Crippen LogP contribution in [0.1, 0.15) is 38.6 Å². The summed E-state index contributed by atoms with van der Waals surface area (Å²) in [7, 11) is 0. The Morgan fingerprint density at radius 3 is 2.63 bits per heavy atom. The number of halogens is 5. The average Bonchev–Trinajstić information content (AvgIpc) is 3.18. The first-order valence-corrected chi connectivity index (χ1v) is 11.4. The van der Waals surface area contributed by atoms with Gasteiger partial charge in [-0.2, -0.15) is 18.3 Å². The SMILES string of the molecule is C=C1NN=C(Cc2ccc(F)c(C(=O)N3CCn4c(C(F)(F)F)nc(Br)c4C3)c2)c2ccccc21. The number of hydrogen-bond acceptors (Lipinski definition) is 4. The third kappa shape index (κ3) is 4.24. The first-order valence-electron chi connectivity index (χ1n) is 10.6. The fourth-order valence-corrected chi connectivity index (χ4v) is 4.82. The Bertz CT molecular complexity index is 1400. The highest BCUT2D eigenvalue weighted by Crippen LogP contribution is 2.34. The quantitative estimate of drug-likeness (QED) is 0.470. The Balaban J connectivity index is 1.40. The second-order valence-electron chi connectivity index (χ2n) is 8.23. The second kappa shape index (κ2) is 8.63. The summed E-state index contributed by atoms with van der Waals surface area (Å²) < 4.78 is 55.5. The smallest absolute Gasteiger partial charge is 0.331 e. The second-order valence-corrected chi connectivity index (χ2v) is 8.99.